The van der Waals surface area contributed by atoms with E-state index in [9.17, 15) is 14.4 Å². The summed E-state index contributed by atoms with van der Waals surface area (Å²) >= 11 is 1.34. The number of hydrogen-bond acceptors (Lipinski definition) is 5. The van der Waals surface area contributed by atoms with Crippen LogP contribution >= 0.6 is 11.3 Å². The number of aromatic nitrogens is 1. The second-order valence-corrected chi connectivity index (χ2v) is 8.58. The maximum atomic E-state index is 13.6. The van der Waals surface area contributed by atoms with Gasteiger partial charge in [-0.25, -0.2) is 0 Å². The third-order valence-electron chi connectivity index (χ3n) is 4.73. The molecule has 0 aliphatic carbocycles. The molecule has 4 rings (SSSR count). The molecule has 2 aromatic heterocycles. The first kappa shape index (κ1) is 21.6. The number of anilines is 2. The average Bonchev–Trinajstić information content (AvgIpc) is 3.23. The minimum absolute atomic E-state index is 0.242. The number of amides is 1. The zero-order chi connectivity index (χ0) is 22.7. The normalized spacial score (nSPS) is 11.3. The number of hydrogen-bond donors (Lipinski definition) is 3. The molecule has 0 saturated carbocycles. The lowest BCUT2D eigenvalue weighted by Crippen LogP contribution is -2.30. The zero-order valence-corrected chi connectivity index (χ0v) is 18.4. The Balaban J connectivity index is 1.45. The zero-order valence-electron chi connectivity index (χ0n) is 17.6. The van der Waals surface area contributed by atoms with Gasteiger partial charge in [-0.15, -0.1) is 11.3 Å². The third-order valence-corrected chi connectivity index (χ3v) is 5.64. The second kappa shape index (κ2) is 8.84. The van der Waals surface area contributed by atoms with Crippen molar-refractivity contribution in [3.63, 3.8) is 0 Å². The van der Waals surface area contributed by atoms with Crippen molar-refractivity contribution < 1.29 is 23.9 Å². The predicted molar refractivity (Wildman–Crippen MR) is 123 cm³/mol. The number of carbonyl (C=O) groups is 1. The maximum Gasteiger partial charge on any atom is 0.267 e. The first-order valence-corrected chi connectivity index (χ1v) is 10.9. The molecule has 0 aliphatic rings. The number of para-hydroxylation sites is 1. The number of alkyl halides is 1. The molecule has 4 aromatic rings. The molecule has 0 aliphatic heterocycles. The van der Waals surface area contributed by atoms with Crippen molar-refractivity contribution in [2.75, 3.05) is 10.6 Å². The van der Waals surface area contributed by atoms with Gasteiger partial charge in [0.25, 0.3) is 11.4 Å². The van der Waals surface area contributed by atoms with Crippen molar-refractivity contribution in [3.05, 3.63) is 82.7 Å². The van der Waals surface area contributed by atoms with Gasteiger partial charge < -0.3 is 15.4 Å². The second-order valence-electron chi connectivity index (χ2n) is 7.66. The number of ether oxygens (including phenoxy) is 1. The summed E-state index contributed by atoms with van der Waals surface area (Å²) in [6.45, 7) is 3.14. The van der Waals surface area contributed by atoms with Gasteiger partial charge in [-0.1, -0.05) is 12.1 Å². The molecule has 0 unspecified atom stereocenters. The molecule has 0 fully saturated rings. The lowest BCUT2D eigenvalue weighted by molar-refractivity contribution is -0.884. The predicted octanol–water partition coefficient (Wildman–Crippen LogP) is 5.37. The smallest absolute Gasteiger partial charge is 0.267 e. The van der Waals surface area contributed by atoms with Crippen LogP contribution in [0.2, 0.25) is 0 Å². The molecule has 6 nitrogen and oxygen atoms in total. The molecule has 8 heteroatoms. The molecule has 3 N–H and O–H groups in total. The number of carbonyl (C=O) groups excluding carboxylic acids is 1. The quantitative estimate of drug-likeness (QED) is 0.260. The highest BCUT2D eigenvalue weighted by atomic mass is 32.1. The Hall–Kier alpha value is -3.65. The fraction of sp³-hybridized carbons (Fsp3) is 0.167. The Kier molecular flexibility index (Phi) is 5.96. The summed E-state index contributed by atoms with van der Waals surface area (Å²) in [5, 5.41) is 18.9. The summed E-state index contributed by atoms with van der Waals surface area (Å²) < 4.78 is 19.9. The highest BCUT2D eigenvalue weighted by Gasteiger charge is 2.18. The fourth-order valence-corrected chi connectivity index (χ4v) is 4.08. The van der Waals surface area contributed by atoms with Crippen molar-refractivity contribution in [2.24, 2.45) is 0 Å². The Bertz CT molecular complexity index is 1250. The van der Waals surface area contributed by atoms with E-state index in [1.807, 2.05) is 41.8 Å². The molecular weight excluding hydrogens is 429 g/mol. The Labute approximate surface area is 188 Å². The van der Waals surface area contributed by atoms with E-state index >= 15 is 0 Å². The van der Waals surface area contributed by atoms with Crippen molar-refractivity contribution in [3.8, 4) is 5.75 Å². The van der Waals surface area contributed by atoms with Crippen LogP contribution in [-0.2, 0) is 6.54 Å². The summed E-state index contributed by atoms with van der Waals surface area (Å²) in [7, 11) is 0. The Morgan fingerprint density at radius 3 is 2.62 bits per heavy atom. The van der Waals surface area contributed by atoms with Crippen molar-refractivity contribution in [2.45, 2.75) is 26.2 Å². The first-order valence-electron chi connectivity index (χ1n) is 10.0. The number of pyridine rings is 1. The van der Waals surface area contributed by atoms with Gasteiger partial charge in [0.05, 0.1) is 11.1 Å². The summed E-state index contributed by atoms with van der Waals surface area (Å²) in [5.41, 5.74) is 3.00. The van der Waals surface area contributed by atoms with E-state index in [-0.39, 0.29) is 5.91 Å². The molecule has 0 bridgehead atoms. The molecule has 2 heterocycles. The van der Waals surface area contributed by atoms with Gasteiger partial charge in [0.2, 0.25) is 12.1 Å². The largest absolute Gasteiger partial charge is 0.459 e. The number of nitrogens with zero attached hydrogens (tertiary/aromatic N) is 1. The highest BCUT2D eigenvalue weighted by molar-refractivity contribution is 7.12. The van der Waals surface area contributed by atoms with Gasteiger partial charge in [0, 0.05) is 42.9 Å². The molecule has 32 heavy (non-hydrogen) atoms. The number of benzene rings is 2. The number of thiophene rings is 1. The SMILES string of the molecule is CC(C)(F)Oc1ccc(NC(=O)c2sccc2NCc2cc[n+](O)c3ccccc23)cc1. The number of halogens is 1. The Morgan fingerprint density at radius 2 is 1.88 bits per heavy atom. The van der Waals surface area contributed by atoms with Crippen LogP contribution in [0.4, 0.5) is 15.8 Å². The van der Waals surface area contributed by atoms with Crippen LogP contribution in [0.25, 0.3) is 10.9 Å². The van der Waals surface area contributed by atoms with Crippen LogP contribution in [-0.4, -0.2) is 17.0 Å². The van der Waals surface area contributed by atoms with Crippen LogP contribution in [0.1, 0.15) is 29.1 Å². The summed E-state index contributed by atoms with van der Waals surface area (Å²) in [5.74, 6) is -1.63. The molecule has 1 amide bonds. The van der Waals surface area contributed by atoms with E-state index in [4.69, 9.17) is 4.74 Å². The first-order chi connectivity index (χ1) is 15.3. The van der Waals surface area contributed by atoms with Crippen LogP contribution in [0, 0.1) is 0 Å². The van der Waals surface area contributed by atoms with Gasteiger partial charge in [-0.3, -0.25) is 10.0 Å². The molecular formula is C24H23FN3O3S+. The fourth-order valence-electron chi connectivity index (χ4n) is 3.32. The number of fused-ring (bicyclic) bond motifs is 1. The molecule has 0 spiro atoms. The maximum absolute atomic E-state index is 13.6. The molecule has 0 saturated heterocycles. The van der Waals surface area contributed by atoms with Gasteiger partial charge in [-0.2, -0.15) is 4.39 Å². The van der Waals surface area contributed by atoms with E-state index in [1.165, 1.54) is 25.2 Å². The minimum atomic E-state index is -1.77. The van der Waals surface area contributed by atoms with Crippen LogP contribution in [0.3, 0.4) is 0 Å². The van der Waals surface area contributed by atoms with Gasteiger partial charge in [0.15, 0.2) is 0 Å². The minimum Gasteiger partial charge on any atom is -0.459 e. The van der Waals surface area contributed by atoms with Crippen LogP contribution < -0.4 is 20.1 Å². The van der Waals surface area contributed by atoms with Crippen molar-refractivity contribution >= 4 is 39.5 Å². The van der Waals surface area contributed by atoms with Gasteiger partial charge in [-0.05, 0) is 47.3 Å². The molecule has 0 radical (unpaired) electrons. The van der Waals surface area contributed by atoms with Crippen molar-refractivity contribution in [1.29, 1.82) is 0 Å². The number of rotatable bonds is 7. The summed E-state index contributed by atoms with van der Waals surface area (Å²) in [6.07, 6.45) is 1.60. The lowest BCUT2D eigenvalue weighted by Gasteiger charge is -2.17. The van der Waals surface area contributed by atoms with Crippen LogP contribution in [0.5, 0.6) is 5.75 Å². The van der Waals surface area contributed by atoms with E-state index < -0.39 is 5.85 Å². The molecule has 0 atom stereocenters. The van der Waals surface area contributed by atoms with Gasteiger partial charge in [0.1, 0.15) is 10.6 Å². The molecule has 164 valence electrons. The summed E-state index contributed by atoms with van der Waals surface area (Å²) in [6, 6.07) is 17.8. The van der Waals surface area contributed by atoms with E-state index in [0.29, 0.717) is 28.4 Å². The van der Waals surface area contributed by atoms with E-state index in [0.717, 1.165) is 21.4 Å². The monoisotopic (exact) mass is 452 g/mol. The summed E-state index contributed by atoms with van der Waals surface area (Å²) in [4.78, 5) is 13.4. The molecule has 2 aromatic carbocycles. The standard InChI is InChI=1S/C24H22FN3O3S/c1-24(2,25)31-18-9-7-17(8-10-18)27-23(29)22-20(12-14-32-22)26-15-16-11-13-28(30)21-6-4-3-5-19(16)21/h3-14H,15H2,1-2H3,(H2-,26,27,29,30)/p+1. The van der Waals surface area contributed by atoms with Gasteiger partial charge >= 0.3 is 0 Å². The average molecular weight is 453 g/mol. The third kappa shape index (κ3) is 4.97. The highest BCUT2D eigenvalue weighted by Crippen LogP contribution is 2.26. The van der Waals surface area contributed by atoms with E-state index in [1.54, 1.807) is 30.5 Å². The number of nitrogens with one attached hydrogen (secondary N) is 2. The lowest BCUT2D eigenvalue weighted by atomic mass is 10.1. The van der Waals surface area contributed by atoms with Crippen LogP contribution in [0.15, 0.2) is 72.2 Å². The topological polar surface area (TPSA) is 74.5 Å². The van der Waals surface area contributed by atoms with E-state index in [2.05, 4.69) is 10.6 Å². The Morgan fingerprint density at radius 1 is 1.12 bits per heavy atom. The van der Waals surface area contributed by atoms with Crippen molar-refractivity contribution in [1.82, 2.24) is 0 Å².